The molecule has 0 aliphatic carbocycles. The van der Waals surface area contributed by atoms with Gasteiger partial charge in [-0.25, -0.2) is 8.42 Å². The predicted octanol–water partition coefficient (Wildman–Crippen LogP) is 5.21. The molecule has 0 aliphatic rings. The molecular weight excluding hydrogens is 418 g/mol. The molecular formula is C16H15BrClNO2S2. The zero-order valence-corrected chi connectivity index (χ0v) is 16.3. The molecule has 0 aromatic heterocycles. The van der Waals surface area contributed by atoms with Crippen LogP contribution < -0.4 is 4.31 Å². The topological polar surface area (TPSA) is 37.4 Å². The van der Waals surface area contributed by atoms with E-state index in [1.807, 2.05) is 6.26 Å². The maximum atomic E-state index is 12.9. The van der Waals surface area contributed by atoms with E-state index < -0.39 is 10.0 Å². The fourth-order valence-electron chi connectivity index (χ4n) is 1.97. The molecule has 0 spiro atoms. The summed E-state index contributed by atoms with van der Waals surface area (Å²) in [5.74, 6) is 0. The monoisotopic (exact) mass is 431 g/mol. The fourth-order valence-corrected chi connectivity index (χ4v) is 4.23. The number of rotatable bonds is 6. The van der Waals surface area contributed by atoms with Crippen molar-refractivity contribution in [2.75, 3.05) is 17.1 Å². The Bertz CT molecular complexity index is 807. The van der Waals surface area contributed by atoms with Crippen LogP contribution in [0.5, 0.6) is 0 Å². The van der Waals surface area contributed by atoms with Crippen LogP contribution in [0.1, 0.15) is 0 Å². The number of hydrogen-bond donors (Lipinski definition) is 0. The van der Waals surface area contributed by atoms with E-state index in [4.69, 9.17) is 11.6 Å². The minimum absolute atomic E-state index is 0.157. The van der Waals surface area contributed by atoms with E-state index in [0.717, 1.165) is 4.90 Å². The van der Waals surface area contributed by atoms with Gasteiger partial charge in [-0.1, -0.05) is 17.7 Å². The maximum Gasteiger partial charge on any atom is 0.264 e. The van der Waals surface area contributed by atoms with Gasteiger partial charge in [0.05, 0.1) is 22.2 Å². The van der Waals surface area contributed by atoms with Crippen LogP contribution in [-0.2, 0) is 10.0 Å². The second kappa shape index (κ2) is 7.75. The fraction of sp³-hybridized carbons (Fsp3) is 0.125. The van der Waals surface area contributed by atoms with Crippen LogP contribution in [0.15, 0.2) is 69.4 Å². The van der Waals surface area contributed by atoms with Gasteiger partial charge in [-0.05, 0) is 64.7 Å². The molecule has 7 heteroatoms. The molecule has 0 radical (unpaired) electrons. The molecule has 23 heavy (non-hydrogen) atoms. The summed E-state index contributed by atoms with van der Waals surface area (Å²) in [5, 5.41) is 0.449. The lowest BCUT2D eigenvalue weighted by molar-refractivity contribution is 0.593. The van der Waals surface area contributed by atoms with E-state index in [2.05, 4.69) is 22.5 Å². The predicted molar refractivity (Wildman–Crippen MR) is 102 cm³/mol. The van der Waals surface area contributed by atoms with Gasteiger partial charge in [-0.3, -0.25) is 4.31 Å². The van der Waals surface area contributed by atoms with Crippen molar-refractivity contribution in [1.82, 2.24) is 0 Å². The number of hydrogen-bond acceptors (Lipinski definition) is 3. The van der Waals surface area contributed by atoms with Gasteiger partial charge in [-0.2, -0.15) is 0 Å². The van der Waals surface area contributed by atoms with Crippen LogP contribution in [0.2, 0.25) is 5.02 Å². The van der Waals surface area contributed by atoms with E-state index >= 15 is 0 Å². The summed E-state index contributed by atoms with van der Waals surface area (Å²) in [5.41, 5.74) is 0.493. The highest BCUT2D eigenvalue weighted by Crippen LogP contribution is 2.31. The molecule has 0 saturated carbocycles. The molecule has 3 nitrogen and oxygen atoms in total. The average Bonchev–Trinajstić information content (AvgIpc) is 2.55. The van der Waals surface area contributed by atoms with Crippen LogP contribution >= 0.6 is 39.3 Å². The molecule has 2 aromatic rings. The third kappa shape index (κ3) is 4.12. The number of sulfonamides is 1. The molecule has 122 valence electrons. The van der Waals surface area contributed by atoms with Crippen LogP contribution in [0.25, 0.3) is 0 Å². The molecule has 0 amide bonds. The normalized spacial score (nSPS) is 11.3. The van der Waals surface area contributed by atoms with Gasteiger partial charge in [0.2, 0.25) is 0 Å². The number of anilines is 1. The lowest BCUT2D eigenvalue weighted by Crippen LogP contribution is -2.31. The van der Waals surface area contributed by atoms with Crippen molar-refractivity contribution in [1.29, 1.82) is 0 Å². The molecule has 2 rings (SSSR count). The second-order valence-electron chi connectivity index (χ2n) is 4.60. The summed E-state index contributed by atoms with van der Waals surface area (Å²) >= 11 is 11.0. The highest BCUT2D eigenvalue weighted by atomic mass is 79.9. The Balaban J connectivity index is 2.49. The average molecular weight is 433 g/mol. The lowest BCUT2D eigenvalue weighted by atomic mass is 10.3. The first-order valence-corrected chi connectivity index (χ1v) is 10.5. The van der Waals surface area contributed by atoms with E-state index in [-0.39, 0.29) is 11.4 Å². The van der Waals surface area contributed by atoms with Crippen molar-refractivity contribution >= 4 is 55.0 Å². The zero-order valence-electron chi connectivity index (χ0n) is 12.4. The summed E-state index contributed by atoms with van der Waals surface area (Å²) in [6.07, 6.45) is 3.49. The van der Waals surface area contributed by atoms with Crippen molar-refractivity contribution in [3.8, 4) is 0 Å². The molecule has 0 N–H and O–H groups in total. The molecule has 0 atom stereocenters. The Morgan fingerprint density at radius 1 is 1.26 bits per heavy atom. The van der Waals surface area contributed by atoms with Crippen molar-refractivity contribution in [3.63, 3.8) is 0 Å². The Labute approximate surface area is 154 Å². The van der Waals surface area contributed by atoms with Gasteiger partial charge in [0.1, 0.15) is 0 Å². The number of thioether (sulfide) groups is 1. The SMILES string of the molecule is C=CCN(c1ccc(Br)c(Cl)c1)S(=O)(=O)c1ccc(SC)cc1. The second-order valence-corrected chi connectivity index (χ2v) is 8.60. The highest BCUT2D eigenvalue weighted by molar-refractivity contribution is 9.10. The Hall–Kier alpha value is -0.950. The van der Waals surface area contributed by atoms with Crippen molar-refractivity contribution < 1.29 is 8.42 Å². The van der Waals surface area contributed by atoms with Crippen LogP contribution in [-0.4, -0.2) is 21.2 Å². The van der Waals surface area contributed by atoms with E-state index in [0.29, 0.717) is 15.2 Å². The summed E-state index contributed by atoms with van der Waals surface area (Å²) in [7, 11) is -3.69. The molecule has 0 bridgehead atoms. The molecule has 0 unspecified atom stereocenters. The Morgan fingerprint density at radius 2 is 1.91 bits per heavy atom. The van der Waals surface area contributed by atoms with Crippen molar-refractivity contribution in [2.24, 2.45) is 0 Å². The quantitative estimate of drug-likeness (QED) is 0.465. The largest absolute Gasteiger partial charge is 0.264 e. The van der Waals surface area contributed by atoms with Gasteiger partial charge in [-0.15, -0.1) is 18.3 Å². The van der Waals surface area contributed by atoms with Crippen molar-refractivity contribution in [3.05, 3.63) is 64.6 Å². The number of nitrogens with zero attached hydrogens (tertiary/aromatic N) is 1. The summed E-state index contributed by atoms with van der Waals surface area (Å²) in [6.45, 7) is 3.81. The molecule has 0 fully saturated rings. The van der Waals surface area contributed by atoms with Gasteiger partial charge in [0.25, 0.3) is 10.0 Å². The van der Waals surface area contributed by atoms with Crippen LogP contribution in [0, 0.1) is 0 Å². The van der Waals surface area contributed by atoms with Gasteiger partial charge < -0.3 is 0 Å². The third-order valence-electron chi connectivity index (χ3n) is 3.13. The summed E-state index contributed by atoms with van der Waals surface area (Å²) in [4.78, 5) is 1.24. The summed E-state index contributed by atoms with van der Waals surface area (Å²) in [6, 6.07) is 11.8. The standard InChI is InChI=1S/C16H15BrClNO2S2/c1-3-10-19(12-4-9-15(17)16(18)11-12)23(20,21)14-7-5-13(22-2)6-8-14/h3-9,11H,1,10H2,2H3. The molecule has 0 heterocycles. The van der Waals surface area contributed by atoms with Crippen LogP contribution in [0.3, 0.4) is 0 Å². The van der Waals surface area contributed by atoms with Gasteiger partial charge in [0, 0.05) is 9.37 Å². The smallest absolute Gasteiger partial charge is 0.262 e. The van der Waals surface area contributed by atoms with E-state index in [1.165, 1.54) is 4.31 Å². The first-order chi connectivity index (χ1) is 10.9. The molecule has 2 aromatic carbocycles. The minimum atomic E-state index is -3.69. The van der Waals surface area contributed by atoms with Crippen molar-refractivity contribution in [2.45, 2.75) is 9.79 Å². The first kappa shape index (κ1) is 18.4. The minimum Gasteiger partial charge on any atom is -0.262 e. The van der Waals surface area contributed by atoms with E-state index in [9.17, 15) is 8.42 Å². The lowest BCUT2D eigenvalue weighted by Gasteiger charge is -2.23. The van der Waals surface area contributed by atoms with E-state index in [1.54, 1.807) is 60.3 Å². The Morgan fingerprint density at radius 3 is 2.43 bits per heavy atom. The molecule has 0 aliphatic heterocycles. The zero-order chi connectivity index (χ0) is 17.0. The van der Waals surface area contributed by atoms with Gasteiger partial charge in [0.15, 0.2) is 0 Å². The summed E-state index contributed by atoms with van der Waals surface area (Å²) < 4.78 is 27.9. The maximum absolute atomic E-state index is 12.9. The Kier molecular flexibility index (Phi) is 6.19. The number of benzene rings is 2. The highest BCUT2D eigenvalue weighted by Gasteiger charge is 2.24. The third-order valence-corrected chi connectivity index (χ3v) is 6.92. The number of halogens is 2. The van der Waals surface area contributed by atoms with Crippen LogP contribution in [0.4, 0.5) is 5.69 Å². The molecule has 0 saturated heterocycles. The van der Waals surface area contributed by atoms with Gasteiger partial charge >= 0.3 is 0 Å². The first-order valence-electron chi connectivity index (χ1n) is 6.63.